The van der Waals surface area contributed by atoms with Crippen molar-refractivity contribution >= 4 is 29.1 Å². The summed E-state index contributed by atoms with van der Waals surface area (Å²) in [6.45, 7) is 7.37. The molecule has 1 saturated heterocycles. The van der Waals surface area contributed by atoms with Gasteiger partial charge in [-0.1, -0.05) is 56.5 Å². The maximum atomic E-state index is 14.9. The Labute approximate surface area is 212 Å². The Morgan fingerprint density at radius 2 is 1.57 bits per heavy atom. The number of carbonyl (C=O) groups excluding carboxylic acids is 2. The van der Waals surface area contributed by atoms with E-state index in [-0.39, 0.29) is 23.4 Å². The number of hydrogen-bond donors (Lipinski definition) is 1. The van der Waals surface area contributed by atoms with Gasteiger partial charge in [-0.2, -0.15) is 0 Å². The summed E-state index contributed by atoms with van der Waals surface area (Å²) in [5, 5.41) is 11.5. The molecule has 0 radical (unpaired) electrons. The molecule has 188 valence electrons. The van der Waals surface area contributed by atoms with Gasteiger partial charge in [0, 0.05) is 22.7 Å². The highest BCUT2D eigenvalue weighted by atomic mass is 35.5. The van der Waals surface area contributed by atoms with Crippen LogP contribution in [0.5, 0.6) is 0 Å². The maximum absolute atomic E-state index is 14.9. The first-order chi connectivity index (χ1) is 16.9. The van der Waals surface area contributed by atoms with Gasteiger partial charge < -0.3 is 14.9 Å². The van der Waals surface area contributed by atoms with Crippen molar-refractivity contribution in [1.29, 1.82) is 0 Å². The van der Waals surface area contributed by atoms with E-state index in [1.807, 2.05) is 0 Å². The molecule has 5 nitrogen and oxygen atoms in total. The number of amides is 1. The first kappa shape index (κ1) is 26.9. The van der Waals surface area contributed by atoms with Crippen LogP contribution >= 0.6 is 11.6 Å². The van der Waals surface area contributed by atoms with Gasteiger partial charge in [-0.15, -0.1) is 0 Å². The van der Waals surface area contributed by atoms with E-state index in [0.29, 0.717) is 17.0 Å². The third kappa shape index (κ3) is 6.50. The van der Waals surface area contributed by atoms with E-state index < -0.39 is 23.5 Å². The fourth-order valence-electron chi connectivity index (χ4n) is 4.46. The molecule has 1 aliphatic heterocycles. The average Bonchev–Trinajstić information content (AvgIpc) is 3.10. The van der Waals surface area contributed by atoms with Crippen molar-refractivity contribution in [3.8, 4) is 0 Å². The quantitative estimate of drug-likeness (QED) is 0.214. The number of halogens is 2. The second-order valence-electron chi connectivity index (χ2n) is 8.92. The molecule has 0 bridgehead atoms. The SMILES string of the molecule is CCCCN(CCCC)CCCN1C(=O)C(=O)C(=C(O)c2ccc(Cl)cc2)[C@@H]1c1ccccc1F. The van der Waals surface area contributed by atoms with Crippen LogP contribution in [0.2, 0.25) is 5.02 Å². The van der Waals surface area contributed by atoms with E-state index in [9.17, 15) is 19.1 Å². The van der Waals surface area contributed by atoms with Gasteiger partial charge >= 0.3 is 0 Å². The van der Waals surface area contributed by atoms with Gasteiger partial charge in [0.25, 0.3) is 11.7 Å². The minimum Gasteiger partial charge on any atom is -0.507 e. The summed E-state index contributed by atoms with van der Waals surface area (Å²) < 4.78 is 14.9. The Morgan fingerprint density at radius 3 is 2.17 bits per heavy atom. The zero-order chi connectivity index (χ0) is 25.4. The van der Waals surface area contributed by atoms with E-state index in [1.165, 1.54) is 11.0 Å². The standard InChI is InChI=1S/C28H34ClFN2O3/c1-3-5-16-31(17-6-4-2)18-9-19-32-25(22-10-7-8-11-23(22)30)24(27(34)28(32)35)26(33)20-12-14-21(29)15-13-20/h7-8,10-15,25,33H,3-6,9,16-19H2,1-2H3/t25-/m0/s1. The lowest BCUT2D eigenvalue weighted by atomic mass is 9.95. The summed E-state index contributed by atoms with van der Waals surface area (Å²) >= 11 is 5.96. The number of Topliss-reactive ketones (excluding diaryl/α,β-unsaturated/α-hetero) is 1. The molecule has 2 aromatic carbocycles. The molecule has 1 aliphatic rings. The minimum atomic E-state index is -0.994. The molecule has 0 saturated carbocycles. The molecule has 1 heterocycles. The van der Waals surface area contributed by atoms with Crippen molar-refractivity contribution in [2.75, 3.05) is 26.2 Å². The van der Waals surface area contributed by atoms with Crippen LogP contribution in [0.1, 0.15) is 63.1 Å². The van der Waals surface area contributed by atoms with Crippen LogP contribution in [-0.2, 0) is 9.59 Å². The van der Waals surface area contributed by atoms with Crippen molar-refractivity contribution in [3.05, 3.63) is 76.1 Å². The molecule has 0 aromatic heterocycles. The minimum absolute atomic E-state index is 0.101. The van der Waals surface area contributed by atoms with Gasteiger partial charge in [-0.25, -0.2) is 4.39 Å². The molecule has 2 aromatic rings. The van der Waals surface area contributed by atoms with Crippen molar-refractivity contribution < 1.29 is 19.1 Å². The number of rotatable bonds is 12. The summed E-state index contributed by atoms with van der Waals surface area (Å²) in [5.41, 5.74) is 0.436. The highest BCUT2D eigenvalue weighted by Gasteiger charge is 2.46. The average molecular weight is 501 g/mol. The molecule has 1 amide bonds. The molecule has 7 heteroatoms. The summed E-state index contributed by atoms with van der Waals surface area (Å²) in [6.07, 6.45) is 5.06. The van der Waals surface area contributed by atoms with E-state index in [4.69, 9.17) is 11.6 Å². The van der Waals surface area contributed by atoms with Crippen LogP contribution < -0.4 is 0 Å². The maximum Gasteiger partial charge on any atom is 0.295 e. The smallest absolute Gasteiger partial charge is 0.295 e. The third-order valence-corrected chi connectivity index (χ3v) is 6.64. The second kappa shape index (κ2) is 12.8. The largest absolute Gasteiger partial charge is 0.507 e. The van der Waals surface area contributed by atoms with Gasteiger partial charge in [0.1, 0.15) is 11.6 Å². The Hall–Kier alpha value is -2.70. The number of nitrogens with zero attached hydrogens (tertiary/aromatic N) is 2. The molecule has 1 N–H and O–H groups in total. The number of hydrogen-bond acceptors (Lipinski definition) is 4. The lowest BCUT2D eigenvalue weighted by Gasteiger charge is -2.27. The first-order valence-electron chi connectivity index (χ1n) is 12.4. The van der Waals surface area contributed by atoms with Crippen LogP contribution in [0.15, 0.2) is 54.1 Å². The predicted octanol–water partition coefficient (Wildman–Crippen LogP) is 6.19. The molecule has 1 fully saturated rings. The van der Waals surface area contributed by atoms with E-state index in [1.54, 1.807) is 42.5 Å². The molecular formula is C28H34ClFN2O3. The van der Waals surface area contributed by atoms with Crippen molar-refractivity contribution in [2.24, 2.45) is 0 Å². The zero-order valence-electron chi connectivity index (χ0n) is 20.5. The lowest BCUT2D eigenvalue weighted by Crippen LogP contribution is -2.34. The normalized spacial score (nSPS) is 17.5. The van der Waals surface area contributed by atoms with Crippen LogP contribution in [0.25, 0.3) is 5.76 Å². The Bertz CT molecular complexity index is 1050. The predicted molar refractivity (Wildman–Crippen MR) is 138 cm³/mol. The number of benzene rings is 2. The van der Waals surface area contributed by atoms with Crippen molar-refractivity contribution in [3.63, 3.8) is 0 Å². The highest BCUT2D eigenvalue weighted by Crippen LogP contribution is 2.40. The van der Waals surface area contributed by atoms with Crippen LogP contribution in [0.3, 0.4) is 0 Å². The Kier molecular flexibility index (Phi) is 9.87. The van der Waals surface area contributed by atoms with E-state index >= 15 is 0 Å². The molecule has 3 rings (SSSR count). The van der Waals surface area contributed by atoms with Gasteiger partial charge in [0.15, 0.2) is 0 Å². The molecule has 35 heavy (non-hydrogen) atoms. The van der Waals surface area contributed by atoms with Gasteiger partial charge in [0.05, 0.1) is 11.6 Å². The number of likely N-dealkylation sites (tertiary alicyclic amines) is 1. The summed E-state index contributed by atoms with van der Waals surface area (Å²) in [6, 6.07) is 11.4. The fraction of sp³-hybridized carbons (Fsp3) is 0.429. The molecular weight excluding hydrogens is 467 g/mol. The van der Waals surface area contributed by atoms with Crippen molar-refractivity contribution in [1.82, 2.24) is 9.80 Å². The molecule has 0 spiro atoms. The third-order valence-electron chi connectivity index (χ3n) is 6.39. The summed E-state index contributed by atoms with van der Waals surface area (Å²) in [4.78, 5) is 30.0. The molecule has 0 unspecified atom stereocenters. The lowest BCUT2D eigenvalue weighted by molar-refractivity contribution is -0.140. The van der Waals surface area contributed by atoms with Crippen molar-refractivity contribution in [2.45, 2.75) is 52.0 Å². The number of aliphatic hydroxyl groups excluding tert-OH is 1. The van der Waals surface area contributed by atoms with Gasteiger partial charge in [-0.3, -0.25) is 9.59 Å². The van der Waals surface area contributed by atoms with E-state index in [2.05, 4.69) is 18.7 Å². The highest BCUT2D eigenvalue weighted by molar-refractivity contribution is 6.46. The number of unbranched alkanes of at least 4 members (excludes halogenated alkanes) is 2. The Balaban J connectivity index is 1.92. The van der Waals surface area contributed by atoms with Gasteiger partial charge in [0.2, 0.25) is 0 Å². The number of ketones is 1. The first-order valence-corrected chi connectivity index (χ1v) is 12.8. The topological polar surface area (TPSA) is 60.9 Å². The van der Waals surface area contributed by atoms with Crippen LogP contribution in [0.4, 0.5) is 4.39 Å². The fourth-order valence-corrected chi connectivity index (χ4v) is 4.58. The van der Waals surface area contributed by atoms with Gasteiger partial charge in [-0.05, 0) is 69.2 Å². The molecule has 1 atom stereocenters. The summed E-state index contributed by atoms with van der Waals surface area (Å²) in [5.74, 6) is -2.39. The monoisotopic (exact) mass is 500 g/mol. The second-order valence-corrected chi connectivity index (χ2v) is 9.36. The van der Waals surface area contributed by atoms with Crippen LogP contribution in [-0.4, -0.2) is 52.8 Å². The summed E-state index contributed by atoms with van der Waals surface area (Å²) in [7, 11) is 0. The zero-order valence-corrected chi connectivity index (χ0v) is 21.2. The molecule has 0 aliphatic carbocycles. The Morgan fingerprint density at radius 1 is 0.971 bits per heavy atom. The number of aliphatic hydroxyl groups is 1. The number of carbonyl (C=O) groups is 2. The van der Waals surface area contributed by atoms with E-state index in [0.717, 1.165) is 45.3 Å². The van der Waals surface area contributed by atoms with Crippen LogP contribution in [0, 0.1) is 5.82 Å².